The van der Waals surface area contributed by atoms with E-state index in [4.69, 9.17) is 0 Å². The molecule has 3 heteroatoms. The van der Waals surface area contributed by atoms with Crippen LogP contribution in [0.1, 0.15) is 37.8 Å². The zero-order chi connectivity index (χ0) is 11.5. The lowest BCUT2D eigenvalue weighted by Crippen LogP contribution is -2.32. The van der Waals surface area contributed by atoms with Gasteiger partial charge >= 0.3 is 0 Å². The van der Waals surface area contributed by atoms with Crippen molar-refractivity contribution in [2.45, 2.75) is 32.2 Å². The van der Waals surface area contributed by atoms with E-state index in [2.05, 4.69) is 28.2 Å². The molecule has 1 aromatic carbocycles. The molecule has 16 heavy (non-hydrogen) atoms. The lowest BCUT2D eigenvalue weighted by atomic mass is 9.87. The SMILES string of the molecule is CCC1CCNC(c2cc(Br)ccc2F)C1. The topological polar surface area (TPSA) is 12.0 Å². The molecule has 0 radical (unpaired) electrons. The zero-order valence-corrected chi connectivity index (χ0v) is 11.1. The van der Waals surface area contributed by atoms with Crippen LogP contribution in [0, 0.1) is 11.7 Å². The Bertz CT molecular complexity index is 367. The van der Waals surface area contributed by atoms with Gasteiger partial charge in [0.25, 0.3) is 0 Å². The summed E-state index contributed by atoms with van der Waals surface area (Å²) in [5, 5.41) is 3.41. The molecule has 0 aliphatic carbocycles. The molecule has 0 spiro atoms. The number of hydrogen-bond acceptors (Lipinski definition) is 1. The van der Waals surface area contributed by atoms with Crippen molar-refractivity contribution in [1.82, 2.24) is 5.32 Å². The van der Waals surface area contributed by atoms with Crippen molar-refractivity contribution in [1.29, 1.82) is 0 Å². The van der Waals surface area contributed by atoms with Crippen LogP contribution in [0.15, 0.2) is 22.7 Å². The van der Waals surface area contributed by atoms with Gasteiger partial charge in [0.2, 0.25) is 0 Å². The van der Waals surface area contributed by atoms with Gasteiger partial charge in [0.1, 0.15) is 5.82 Å². The number of hydrogen-bond donors (Lipinski definition) is 1. The first-order chi connectivity index (χ1) is 7.70. The number of halogens is 2. The molecule has 1 fully saturated rings. The normalized spacial score (nSPS) is 25.7. The second-order valence-electron chi connectivity index (χ2n) is 4.47. The van der Waals surface area contributed by atoms with Crippen LogP contribution in [-0.2, 0) is 0 Å². The van der Waals surface area contributed by atoms with Gasteiger partial charge in [0.05, 0.1) is 0 Å². The zero-order valence-electron chi connectivity index (χ0n) is 9.47. The van der Waals surface area contributed by atoms with E-state index in [1.54, 1.807) is 6.07 Å². The summed E-state index contributed by atoms with van der Waals surface area (Å²) < 4.78 is 14.7. The quantitative estimate of drug-likeness (QED) is 0.865. The smallest absolute Gasteiger partial charge is 0.128 e. The van der Waals surface area contributed by atoms with Gasteiger partial charge in [0, 0.05) is 16.1 Å². The monoisotopic (exact) mass is 285 g/mol. The van der Waals surface area contributed by atoms with E-state index in [9.17, 15) is 4.39 Å². The lowest BCUT2D eigenvalue weighted by molar-refractivity contribution is 0.294. The van der Waals surface area contributed by atoms with Gasteiger partial charge in [-0.25, -0.2) is 4.39 Å². The molecule has 2 unspecified atom stereocenters. The van der Waals surface area contributed by atoms with Gasteiger partial charge in [-0.1, -0.05) is 29.3 Å². The van der Waals surface area contributed by atoms with Crippen LogP contribution in [0.4, 0.5) is 4.39 Å². The lowest BCUT2D eigenvalue weighted by Gasteiger charge is -2.30. The van der Waals surface area contributed by atoms with E-state index in [0.717, 1.165) is 28.9 Å². The van der Waals surface area contributed by atoms with Gasteiger partial charge in [-0.15, -0.1) is 0 Å². The molecule has 2 atom stereocenters. The first-order valence-corrected chi connectivity index (χ1v) is 6.68. The standard InChI is InChI=1S/C13H17BrFN/c1-2-9-5-6-16-13(7-9)11-8-10(14)3-4-12(11)15/h3-4,8-9,13,16H,2,5-7H2,1H3. The number of nitrogens with one attached hydrogen (secondary N) is 1. The Kier molecular flexibility index (Phi) is 3.98. The average molecular weight is 286 g/mol. The van der Waals surface area contributed by atoms with Gasteiger partial charge in [0.15, 0.2) is 0 Å². The summed E-state index contributed by atoms with van der Waals surface area (Å²) in [5.74, 6) is 0.627. The Morgan fingerprint density at radius 2 is 2.31 bits per heavy atom. The highest BCUT2D eigenvalue weighted by molar-refractivity contribution is 9.10. The third-order valence-electron chi connectivity index (χ3n) is 3.42. The molecule has 0 saturated carbocycles. The number of piperidine rings is 1. The molecule has 88 valence electrons. The Morgan fingerprint density at radius 1 is 1.50 bits per heavy atom. The van der Waals surface area contributed by atoms with Crippen molar-refractivity contribution in [3.05, 3.63) is 34.1 Å². The molecule has 0 amide bonds. The highest BCUT2D eigenvalue weighted by Gasteiger charge is 2.23. The largest absolute Gasteiger partial charge is 0.310 e. The fourth-order valence-electron chi connectivity index (χ4n) is 2.39. The maximum atomic E-state index is 13.7. The van der Waals surface area contributed by atoms with Gasteiger partial charge in [-0.05, 0) is 43.5 Å². The van der Waals surface area contributed by atoms with Gasteiger partial charge < -0.3 is 5.32 Å². The molecule has 1 nitrogen and oxygen atoms in total. The molecule has 1 aromatic rings. The molecule has 1 N–H and O–H groups in total. The molecular formula is C13H17BrFN. The first-order valence-electron chi connectivity index (χ1n) is 5.89. The maximum absolute atomic E-state index is 13.7. The molecule has 1 aliphatic rings. The number of benzene rings is 1. The van der Waals surface area contributed by atoms with Crippen LogP contribution < -0.4 is 5.32 Å². The van der Waals surface area contributed by atoms with Crippen LogP contribution in [-0.4, -0.2) is 6.54 Å². The van der Waals surface area contributed by atoms with Crippen molar-refractivity contribution in [3.63, 3.8) is 0 Å². The second kappa shape index (κ2) is 5.28. The highest BCUT2D eigenvalue weighted by atomic mass is 79.9. The molecular weight excluding hydrogens is 269 g/mol. The molecule has 1 saturated heterocycles. The molecule has 1 heterocycles. The summed E-state index contributed by atoms with van der Waals surface area (Å²) in [7, 11) is 0. The highest BCUT2D eigenvalue weighted by Crippen LogP contribution is 2.31. The summed E-state index contributed by atoms with van der Waals surface area (Å²) in [6, 6.07) is 5.36. The third-order valence-corrected chi connectivity index (χ3v) is 3.92. The van der Waals surface area contributed by atoms with Crippen LogP contribution >= 0.6 is 15.9 Å². The first kappa shape index (κ1) is 12.1. The summed E-state index contributed by atoms with van der Waals surface area (Å²) in [6.07, 6.45) is 3.44. The molecule has 2 rings (SSSR count). The van der Waals surface area contributed by atoms with Crippen molar-refractivity contribution in [2.24, 2.45) is 5.92 Å². The van der Waals surface area contributed by atoms with Gasteiger partial charge in [-0.2, -0.15) is 0 Å². The van der Waals surface area contributed by atoms with Crippen LogP contribution in [0.3, 0.4) is 0 Å². The molecule has 0 aromatic heterocycles. The van der Waals surface area contributed by atoms with E-state index in [1.807, 2.05) is 6.07 Å². The van der Waals surface area contributed by atoms with Gasteiger partial charge in [-0.3, -0.25) is 0 Å². The van der Waals surface area contributed by atoms with E-state index in [-0.39, 0.29) is 11.9 Å². The summed E-state index contributed by atoms with van der Waals surface area (Å²) >= 11 is 3.40. The van der Waals surface area contributed by atoms with E-state index < -0.39 is 0 Å². The van der Waals surface area contributed by atoms with Crippen molar-refractivity contribution >= 4 is 15.9 Å². The van der Waals surface area contributed by atoms with E-state index >= 15 is 0 Å². The fourth-order valence-corrected chi connectivity index (χ4v) is 2.76. The number of rotatable bonds is 2. The minimum absolute atomic E-state index is 0.0996. The summed E-state index contributed by atoms with van der Waals surface area (Å²) in [6.45, 7) is 3.21. The molecule has 1 aliphatic heterocycles. The van der Waals surface area contributed by atoms with Crippen molar-refractivity contribution in [2.75, 3.05) is 6.54 Å². The van der Waals surface area contributed by atoms with E-state index in [0.29, 0.717) is 0 Å². The fraction of sp³-hybridized carbons (Fsp3) is 0.538. The third kappa shape index (κ3) is 2.64. The van der Waals surface area contributed by atoms with Crippen molar-refractivity contribution < 1.29 is 4.39 Å². The predicted molar refractivity (Wildman–Crippen MR) is 67.9 cm³/mol. The summed E-state index contributed by atoms with van der Waals surface area (Å²) in [4.78, 5) is 0. The second-order valence-corrected chi connectivity index (χ2v) is 5.39. The Morgan fingerprint density at radius 3 is 3.06 bits per heavy atom. The Balaban J connectivity index is 2.19. The van der Waals surface area contributed by atoms with Crippen molar-refractivity contribution in [3.8, 4) is 0 Å². The van der Waals surface area contributed by atoms with Crippen LogP contribution in [0.5, 0.6) is 0 Å². The molecule has 0 bridgehead atoms. The minimum Gasteiger partial charge on any atom is -0.310 e. The van der Waals surface area contributed by atoms with Crippen LogP contribution in [0.2, 0.25) is 0 Å². The Labute approximate surface area is 105 Å². The maximum Gasteiger partial charge on any atom is 0.128 e. The predicted octanol–water partition coefficient (Wildman–Crippen LogP) is 4.04. The van der Waals surface area contributed by atoms with Crippen LogP contribution in [0.25, 0.3) is 0 Å². The minimum atomic E-state index is -0.0996. The Hall–Kier alpha value is -0.410. The average Bonchev–Trinajstić information content (AvgIpc) is 2.32. The summed E-state index contributed by atoms with van der Waals surface area (Å²) in [5.41, 5.74) is 0.799. The van der Waals surface area contributed by atoms with E-state index in [1.165, 1.54) is 18.9 Å².